The first-order valence-corrected chi connectivity index (χ1v) is 21.1. The molecule has 0 bridgehead atoms. The summed E-state index contributed by atoms with van der Waals surface area (Å²) in [7, 11) is 2.60. The van der Waals surface area contributed by atoms with Crippen molar-refractivity contribution in [2.45, 2.75) is 122 Å². The maximum Gasteiger partial charge on any atom is 0.407 e. The van der Waals surface area contributed by atoms with E-state index in [9.17, 15) is 19.2 Å². The van der Waals surface area contributed by atoms with Gasteiger partial charge in [0.15, 0.2) is 0 Å². The number of nitrogens with zero attached hydrogens (tertiary/aromatic N) is 4. The number of methoxy groups -OCH3 is 2. The van der Waals surface area contributed by atoms with E-state index in [1.165, 1.54) is 14.2 Å². The van der Waals surface area contributed by atoms with Gasteiger partial charge in [-0.3, -0.25) is 9.59 Å². The van der Waals surface area contributed by atoms with Crippen molar-refractivity contribution in [1.82, 2.24) is 40.4 Å². The molecule has 2 saturated heterocycles. The Morgan fingerprint density at radius 1 is 0.800 bits per heavy atom. The summed E-state index contributed by atoms with van der Waals surface area (Å²) < 4.78 is 16.1. The Labute approximate surface area is 348 Å². The average Bonchev–Trinajstić information content (AvgIpc) is 4.07. The van der Waals surface area contributed by atoms with E-state index >= 15 is 0 Å². The molecule has 3 aliphatic rings. The molecule has 3 aromatic carbocycles. The first-order chi connectivity index (χ1) is 29.0. The zero-order valence-corrected chi connectivity index (χ0v) is 35.1. The molecule has 0 saturated carbocycles. The highest BCUT2D eigenvalue weighted by molar-refractivity contribution is 6.07. The second-order valence-corrected chi connectivity index (χ2v) is 16.3. The average molecular weight is 819 g/mol. The number of carbonyl (C=O) groups is 4. The summed E-state index contributed by atoms with van der Waals surface area (Å²) in [5.41, 5.74) is 6.63. The number of rotatable bonds is 11. The van der Waals surface area contributed by atoms with Gasteiger partial charge in [0.25, 0.3) is 0 Å². The fourth-order valence-corrected chi connectivity index (χ4v) is 9.39. The predicted molar refractivity (Wildman–Crippen MR) is 226 cm³/mol. The Morgan fingerprint density at radius 3 is 2.05 bits per heavy atom. The summed E-state index contributed by atoms with van der Waals surface area (Å²) >= 11 is 0. The van der Waals surface area contributed by atoms with E-state index in [4.69, 9.17) is 24.2 Å². The molecule has 60 heavy (non-hydrogen) atoms. The van der Waals surface area contributed by atoms with Gasteiger partial charge < -0.3 is 44.6 Å². The number of ether oxygens (including phenoxy) is 3. The van der Waals surface area contributed by atoms with E-state index in [1.54, 1.807) is 0 Å². The Morgan fingerprint density at radius 2 is 1.43 bits per heavy atom. The zero-order chi connectivity index (χ0) is 42.2. The molecule has 0 spiro atoms. The number of hydrogen-bond donors (Lipinski definition) is 4. The van der Waals surface area contributed by atoms with Crippen LogP contribution in [0.25, 0.3) is 44.2 Å². The molecular weight excluding hydrogens is 765 g/mol. The Kier molecular flexibility index (Phi) is 11.4. The van der Waals surface area contributed by atoms with Crippen molar-refractivity contribution in [1.29, 1.82) is 0 Å². The number of carbonyl (C=O) groups excluding carboxylic acids is 4. The molecule has 8 rings (SSSR count). The molecule has 4 N–H and O–H groups in total. The first kappa shape index (κ1) is 40.7. The number of amides is 4. The molecule has 5 heterocycles. The highest BCUT2D eigenvalue weighted by Crippen LogP contribution is 2.44. The monoisotopic (exact) mass is 818 g/mol. The highest BCUT2D eigenvalue weighted by Gasteiger charge is 2.41. The molecule has 2 aromatic heterocycles. The molecule has 15 nitrogen and oxygen atoms in total. The molecule has 6 atom stereocenters. The third-order valence-corrected chi connectivity index (χ3v) is 12.5. The lowest BCUT2D eigenvalue weighted by atomic mass is 9.92. The van der Waals surface area contributed by atoms with Crippen LogP contribution < -0.4 is 15.4 Å². The lowest BCUT2D eigenvalue weighted by molar-refractivity contribution is -0.137. The maximum atomic E-state index is 13.9. The van der Waals surface area contributed by atoms with Crippen molar-refractivity contribution in [2.24, 2.45) is 0 Å². The number of imidazole rings is 2. The number of benzene rings is 3. The summed E-state index contributed by atoms with van der Waals surface area (Å²) in [6.45, 7) is 8.43. The molecule has 5 aromatic rings. The van der Waals surface area contributed by atoms with E-state index in [2.05, 4.69) is 57.0 Å². The van der Waals surface area contributed by atoms with Crippen LogP contribution in [0, 0.1) is 0 Å². The Hall–Kier alpha value is -6.12. The van der Waals surface area contributed by atoms with Gasteiger partial charge in [-0.25, -0.2) is 19.6 Å². The van der Waals surface area contributed by atoms with Gasteiger partial charge >= 0.3 is 12.2 Å². The fraction of sp³-hybridized carbons (Fsp3) is 0.467. The van der Waals surface area contributed by atoms with E-state index in [0.717, 1.165) is 99.9 Å². The highest BCUT2D eigenvalue weighted by atomic mass is 16.5. The Bertz CT molecular complexity index is 2440. The van der Waals surface area contributed by atoms with Gasteiger partial charge in [0, 0.05) is 23.0 Å². The maximum absolute atomic E-state index is 13.9. The number of aromatic amines is 2. The lowest BCUT2D eigenvalue weighted by Crippen LogP contribution is -2.50. The molecule has 3 aliphatic heterocycles. The fourth-order valence-electron chi connectivity index (χ4n) is 9.39. The van der Waals surface area contributed by atoms with Crippen LogP contribution in [0.1, 0.15) is 108 Å². The third-order valence-electron chi connectivity index (χ3n) is 12.5. The third kappa shape index (κ3) is 7.49. The second kappa shape index (κ2) is 16.9. The number of H-pyrrole nitrogens is 2. The summed E-state index contributed by atoms with van der Waals surface area (Å²) in [5, 5.41) is 7.47. The minimum absolute atomic E-state index is 0.00272. The van der Waals surface area contributed by atoms with Crippen LogP contribution in [0.2, 0.25) is 0 Å². The summed E-state index contributed by atoms with van der Waals surface area (Å²) in [5.74, 6) is 1.96. The summed E-state index contributed by atoms with van der Waals surface area (Å²) in [6, 6.07) is 12.8. The number of fused-ring (bicyclic) bond motifs is 6. The van der Waals surface area contributed by atoms with E-state index in [1.807, 2.05) is 49.8 Å². The summed E-state index contributed by atoms with van der Waals surface area (Å²) in [6.07, 6.45) is 6.25. The van der Waals surface area contributed by atoms with Crippen molar-refractivity contribution < 1.29 is 33.4 Å². The van der Waals surface area contributed by atoms with Gasteiger partial charge in [0.05, 0.1) is 49.2 Å². The summed E-state index contributed by atoms with van der Waals surface area (Å²) in [4.78, 5) is 72.5. The van der Waals surface area contributed by atoms with Gasteiger partial charge in [-0.05, 0) is 98.7 Å². The van der Waals surface area contributed by atoms with Gasteiger partial charge in [-0.1, -0.05) is 44.9 Å². The van der Waals surface area contributed by atoms with Crippen LogP contribution in [-0.4, -0.2) is 92.1 Å². The van der Waals surface area contributed by atoms with Crippen molar-refractivity contribution in [3.63, 3.8) is 0 Å². The largest absolute Gasteiger partial charge is 0.488 e. The number of hydrogen-bond acceptors (Lipinski definition) is 9. The molecule has 0 radical (unpaired) electrons. The van der Waals surface area contributed by atoms with Gasteiger partial charge in [-0.15, -0.1) is 0 Å². The van der Waals surface area contributed by atoms with Crippen LogP contribution in [0.15, 0.2) is 48.7 Å². The van der Waals surface area contributed by atoms with Crippen molar-refractivity contribution >= 4 is 45.8 Å². The van der Waals surface area contributed by atoms with Gasteiger partial charge in [0.2, 0.25) is 11.8 Å². The number of likely N-dealkylation sites (tertiary alicyclic amines) is 2. The Balaban J connectivity index is 1.04. The van der Waals surface area contributed by atoms with Crippen molar-refractivity contribution in [3.05, 3.63) is 65.9 Å². The molecule has 2 fully saturated rings. The van der Waals surface area contributed by atoms with Crippen molar-refractivity contribution in [3.8, 4) is 28.1 Å². The van der Waals surface area contributed by atoms with Gasteiger partial charge in [0.1, 0.15) is 36.1 Å². The number of nitrogens with one attached hydrogen (secondary N) is 4. The van der Waals surface area contributed by atoms with Crippen LogP contribution >= 0.6 is 0 Å². The van der Waals surface area contributed by atoms with Crippen LogP contribution in [0.4, 0.5) is 9.59 Å². The number of aromatic nitrogens is 4. The van der Waals surface area contributed by atoms with E-state index in [-0.39, 0.29) is 36.0 Å². The van der Waals surface area contributed by atoms with Crippen LogP contribution in [0.3, 0.4) is 0 Å². The quantitative estimate of drug-likeness (QED) is 0.103. The minimum Gasteiger partial charge on any atom is -0.488 e. The molecule has 0 aliphatic carbocycles. The minimum atomic E-state index is -0.679. The predicted octanol–water partition coefficient (Wildman–Crippen LogP) is 7.82. The zero-order valence-electron chi connectivity index (χ0n) is 35.1. The first-order valence-electron chi connectivity index (χ1n) is 21.1. The van der Waals surface area contributed by atoms with Crippen LogP contribution in [0.5, 0.6) is 5.75 Å². The smallest absolute Gasteiger partial charge is 0.407 e. The molecule has 4 amide bonds. The topological polar surface area (TPSA) is 184 Å². The second-order valence-electron chi connectivity index (χ2n) is 16.3. The molecule has 0 unspecified atom stereocenters. The molecule has 15 heteroatoms. The SMILES string of the molecule is CCC[C@H](NC(=O)OC)C(=O)N1[C@@H](C)CC[C@H]1c1ncc(-c2ccc3c(c2)COc2cc4c(ccc5nc([C@@H]6CC[C@H](C)N6C(=O)[C@H](CCC)NC(=O)OC)[nH]c54)cc2-3)[nH]1. The van der Waals surface area contributed by atoms with Crippen LogP contribution in [-0.2, 0) is 25.7 Å². The van der Waals surface area contributed by atoms with E-state index in [0.29, 0.717) is 25.3 Å². The normalized spacial score (nSPS) is 20.6. The number of alkyl carbamates (subject to hydrolysis) is 2. The molecule has 316 valence electrons. The van der Waals surface area contributed by atoms with E-state index < -0.39 is 24.3 Å². The van der Waals surface area contributed by atoms with Crippen molar-refractivity contribution in [2.75, 3.05) is 14.2 Å². The molecular formula is C45H54N8O7. The lowest BCUT2D eigenvalue weighted by Gasteiger charge is -2.31. The standard InChI is InChI=1S/C45H54N8O7/c1-7-9-33(49-44(56)58-5)42(54)52-24(3)11-17-36(52)40-46-22-35(48-40)27-13-15-29-28(19-27)23-60-38-21-30-26(20-31(29)38)14-16-32-39(30)51-41(47-32)37-18-12-25(4)53(37)43(55)34(10-8-2)50-45(57)59-6/h13-16,19-22,24-25,33-34,36-37H,7-12,17-18,23H2,1-6H3,(H,46,48)(H,47,51)(H,49,56)(H,50,57)/t24-,25-,33-,34-,36-,37-/m0/s1. The van der Waals surface area contributed by atoms with Gasteiger partial charge in [-0.2, -0.15) is 0 Å².